The number of ether oxygens (including phenoxy) is 2. The normalized spacial score (nSPS) is 9.57. The van der Waals surface area contributed by atoms with Crippen LogP contribution in [0.25, 0.3) is 0 Å². The van der Waals surface area contributed by atoms with Crippen LogP contribution in [0.3, 0.4) is 0 Å². The van der Waals surface area contributed by atoms with Crippen LogP contribution in [0, 0.1) is 0 Å². The minimum atomic E-state index is 0.146. The van der Waals surface area contributed by atoms with E-state index in [0.29, 0.717) is 17.9 Å². The number of benzene rings is 1. The summed E-state index contributed by atoms with van der Waals surface area (Å²) in [6, 6.07) is 3.40. The molecule has 0 saturated carbocycles. The molecule has 3 nitrogen and oxygen atoms in total. The molecule has 1 rings (SSSR count). The number of phenolic OH excluding ortho intramolecular Hbond substituents is 1. The molecule has 0 fully saturated rings. The van der Waals surface area contributed by atoms with Crippen LogP contribution in [-0.4, -0.2) is 19.3 Å². The van der Waals surface area contributed by atoms with Gasteiger partial charge in [-0.1, -0.05) is 6.08 Å². The van der Waals surface area contributed by atoms with E-state index < -0.39 is 0 Å². The summed E-state index contributed by atoms with van der Waals surface area (Å²) in [6.07, 6.45) is 2.30. The van der Waals surface area contributed by atoms with Gasteiger partial charge in [0.15, 0.2) is 11.5 Å². The summed E-state index contributed by atoms with van der Waals surface area (Å²) in [5, 5.41) is 9.71. The van der Waals surface area contributed by atoms with Gasteiger partial charge in [0.25, 0.3) is 0 Å². The van der Waals surface area contributed by atoms with Gasteiger partial charge in [0, 0.05) is 11.6 Å². The third kappa shape index (κ3) is 1.99. The van der Waals surface area contributed by atoms with Gasteiger partial charge in [-0.2, -0.15) is 0 Å². The summed E-state index contributed by atoms with van der Waals surface area (Å²) >= 11 is 0. The first-order chi connectivity index (χ1) is 6.72. The van der Waals surface area contributed by atoms with Crippen LogP contribution in [0.4, 0.5) is 0 Å². The lowest BCUT2D eigenvalue weighted by Crippen LogP contribution is -1.92. The van der Waals surface area contributed by atoms with E-state index in [2.05, 4.69) is 6.58 Å². The molecule has 0 unspecified atom stereocenters. The Balaban J connectivity index is 3.19. The average Bonchev–Trinajstić information content (AvgIpc) is 2.21. The first-order valence-electron chi connectivity index (χ1n) is 4.27. The van der Waals surface area contributed by atoms with E-state index in [-0.39, 0.29) is 5.75 Å². The van der Waals surface area contributed by atoms with E-state index in [1.165, 1.54) is 7.11 Å². The maximum absolute atomic E-state index is 9.71. The minimum Gasteiger partial charge on any atom is -0.504 e. The molecule has 0 aromatic heterocycles. The average molecular weight is 194 g/mol. The highest BCUT2D eigenvalue weighted by molar-refractivity contribution is 5.51. The summed E-state index contributed by atoms with van der Waals surface area (Å²) in [4.78, 5) is 0. The SMILES string of the molecule is C=CCc1cc(OC)cc(OC)c1O. The van der Waals surface area contributed by atoms with Gasteiger partial charge in [0.05, 0.1) is 14.2 Å². The number of allylic oxidation sites excluding steroid dienone is 1. The van der Waals surface area contributed by atoms with Crippen LogP contribution < -0.4 is 9.47 Å². The zero-order valence-corrected chi connectivity index (χ0v) is 8.41. The number of phenols is 1. The van der Waals surface area contributed by atoms with E-state index in [1.807, 2.05) is 0 Å². The number of aromatic hydroxyl groups is 1. The van der Waals surface area contributed by atoms with Crippen LogP contribution in [0.1, 0.15) is 5.56 Å². The van der Waals surface area contributed by atoms with Gasteiger partial charge in [-0.05, 0) is 12.5 Å². The van der Waals surface area contributed by atoms with Crippen molar-refractivity contribution in [3.63, 3.8) is 0 Å². The van der Waals surface area contributed by atoms with Crippen molar-refractivity contribution in [1.29, 1.82) is 0 Å². The largest absolute Gasteiger partial charge is 0.504 e. The van der Waals surface area contributed by atoms with Crippen LogP contribution in [0.15, 0.2) is 24.8 Å². The highest BCUT2D eigenvalue weighted by Crippen LogP contribution is 2.34. The third-order valence-corrected chi connectivity index (χ3v) is 1.95. The fourth-order valence-corrected chi connectivity index (χ4v) is 1.22. The third-order valence-electron chi connectivity index (χ3n) is 1.95. The Bertz CT molecular complexity index is 332. The van der Waals surface area contributed by atoms with Crippen molar-refractivity contribution < 1.29 is 14.6 Å². The van der Waals surface area contributed by atoms with E-state index in [1.54, 1.807) is 25.3 Å². The van der Waals surface area contributed by atoms with Crippen molar-refractivity contribution in [2.24, 2.45) is 0 Å². The van der Waals surface area contributed by atoms with E-state index >= 15 is 0 Å². The molecule has 14 heavy (non-hydrogen) atoms. The number of methoxy groups -OCH3 is 2. The molecule has 0 aliphatic carbocycles. The molecular weight excluding hydrogens is 180 g/mol. The number of hydrogen-bond donors (Lipinski definition) is 1. The van der Waals surface area contributed by atoms with Gasteiger partial charge < -0.3 is 14.6 Å². The van der Waals surface area contributed by atoms with E-state index in [9.17, 15) is 5.11 Å². The molecule has 0 bridgehead atoms. The molecule has 76 valence electrons. The molecule has 1 N–H and O–H groups in total. The zero-order chi connectivity index (χ0) is 10.6. The highest BCUT2D eigenvalue weighted by Gasteiger charge is 2.09. The van der Waals surface area contributed by atoms with E-state index in [0.717, 1.165) is 5.56 Å². The van der Waals surface area contributed by atoms with Crippen molar-refractivity contribution in [3.8, 4) is 17.2 Å². The van der Waals surface area contributed by atoms with Crippen molar-refractivity contribution in [3.05, 3.63) is 30.4 Å². The Kier molecular flexibility index (Phi) is 3.40. The minimum absolute atomic E-state index is 0.146. The van der Waals surface area contributed by atoms with E-state index in [4.69, 9.17) is 9.47 Å². The molecule has 0 atom stereocenters. The van der Waals surface area contributed by atoms with Crippen LogP contribution in [0.5, 0.6) is 17.2 Å². The van der Waals surface area contributed by atoms with Crippen LogP contribution >= 0.6 is 0 Å². The predicted octanol–water partition coefficient (Wildman–Crippen LogP) is 2.14. The van der Waals surface area contributed by atoms with Crippen molar-refractivity contribution in [2.45, 2.75) is 6.42 Å². The summed E-state index contributed by atoms with van der Waals surface area (Å²) < 4.78 is 10.1. The number of rotatable bonds is 4. The predicted molar refractivity (Wildman–Crippen MR) is 55.1 cm³/mol. The molecule has 1 aromatic rings. The topological polar surface area (TPSA) is 38.7 Å². The molecule has 3 heteroatoms. The summed E-state index contributed by atoms with van der Waals surface area (Å²) in [7, 11) is 3.08. The summed E-state index contributed by atoms with van der Waals surface area (Å²) in [5.41, 5.74) is 0.746. The summed E-state index contributed by atoms with van der Waals surface area (Å²) in [6.45, 7) is 3.62. The lowest BCUT2D eigenvalue weighted by molar-refractivity contribution is 0.362. The fraction of sp³-hybridized carbons (Fsp3) is 0.273. The Hall–Kier alpha value is -1.64. The van der Waals surface area contributed by atoms with Gasteiger partial charge in [-0.3, -0.25) is 0 Å². The fourth-order valence-electron chi connectivity index (χ4n) is 1.22. The van der Waals surface area contributed by atoms with Crippen molar-refractivity contribution in [1.82, 2.24) is 0 Å². The van der Waals surface area contributed by atoms with Crippen molar-refractivity contribution >= 4 is 0 Å². The molecule has 0 heterocycles. The standard InChI is InChI=1S/C11H14O3/c1-4-5-8-6-9(13-2)7-10(14-3)11(8)12/h4,6-7,12H,1,5H2,2-3H3. The molecule has 0 aliphatic rings. The molecule has 0 saturated heterocycles. The lowest BCUT2D eigenvalue weighted by Gasteiger charge is -2.10. The Morgan fingerprint density at radius 3 is 2.57 bits per heavy atom. The zero-order valence-electron chi connectivity index (χ0n) is 8.41. The molecule has 0 amide bonds. The maximum Gasteiger partial charge on any atom is 0.164 e. The Labute approximate surface area is 83.6 Å². The Morgan fingerprint density at radius 2 is 2.07 bits per heavy atom. The molecule has 1 aromatic carbocycles. The molecule has 0 spiro atoms. The van der Waals surface area contributed by atoms with Crippen molar-refractivity contribution in [2.75, 3.05) is 14.2 Å². The smallest absolute Gasteiger partial charge is 0.164 e. The van der Waals surface area contributed by atoms with Gasteiger partial charge >= 0.3 is 0 Å². The first-order valence-corrected chi connectivity index (χ1v) is 4.27. The summed E-state index contributed by atoms with van der Waals surface area (Å²) in [5.74, 6) is 1.23. The quantitative estimate of drug-likeness (QED) is 0.746. The van der Waals surface area contributed by atoms with Gasteiger partial charge in [0.2, 0.25) is 0 Å². The maximum atomic E-state index is 9.71. The second kappa shape index (κ2) is 4.56. The monoisotopic (exact) mass is 194 g/mol. The van der Waals surface area contributed by atoms with Gasteiger partial charge in [-0.15, -0.1) is 6.58 Å². The number of hydrogen-bond acceptors (Lipinski definition) is 3. The molecular formula is C11H14O3. The van der Waals surface area contributed by atoms with Gasteiger partial charge in [0.1, 0.15) is 5.75 Å². The lowest BCUT2D eigenvalue weighted by atomic mass is 10.1. The van der Waals surface area contributed by atoms with Crippen LogP contribution in [0.2, 0.25) is 0 Å². The second-order valence-electron chi connectivity index (χ2n) is 2.83. The van der Waals surface area contributed by atoms with Crippen LogP contribution in [-0.2, 0) is 6.42 Å². The second-order valence-corrected chi connectivity index (χ2v) is 2.83. The highest BCUT2D eigenvalue weighted by atomic mass is 16.5. The molecule has 0 radical (unpaired) electrons. The Morgan fingerprint density at radius 1 is 1.36 bits per heavy atom. The first kappa shape index (κ1) is 10.4. The van der Waals surface area contributed by atoms with Gasteiger partial charge in [-0.25, -0.2) is 0 Å². The molecule has 0 aliphatic heterocycles.